The second kappa shape index (κ2) is 5.45. The molecule has 2 rings (SSSR count). The molecule has 2 aromatic rings. The van der Waals surface area contributed by atoms with Crippen LogP contribution in [0.2, 0.25) is 0 Å². The minimum atomic E-state index is -0.468. The summed E-state index contributed by atoms with van der Waals surface area (Å²) < 4.78 is 0. The number of anilines is 2. The molecule has 0 radical (unpaired) electrons. The summed E-state index contributed by atoms with van der Waals surface area (Å²) >= 11 is 0. The fourth-order valence-corrected chi connectivity index (χ4v) is 2.46. The van der Waals surface area contributed by atoms with Crippen LogP contribution in [0.15, 0.2) is 42.5 Å². The zero-order valence-corrected chi connectivity index (χ0v) is 12.0. The van der Waals surface area contributed by atoms with E-state index >= 15 is 0 Å². The quantitative estimate of drug-likeness (QED) is 0.891. The Balaban J connectivity index is 2.47. The van der Waals surface area contributed by atoms with E-state index < -0.39 is 6.10 Å². The molecular weight excluding hydrogens is 234 g/mol. The van der Waals surface area contributed by atoms with Gasteiger partial charge in [-0.1, -0.05) is 35.9 Å². The molecule has 1 atom stereocenters. The van der Waals surface area contributed by atoms with Crippen molar-refractivity contribution in [3.05, 3.63) is 59.2 Å². The summed E-state index contributed by atoms with van der Waals surface area (Å²) in [4.78, 5) is 2.14. The number of aryl methyl sites for hydroxylation is 2. The summed E-state index contributed by atoms with van der Waals surface area (Å²) in [6.07, 6.45) is -0.468. The topological polar surface area (TPSA) is 23.5 Å². The van der Waals surface area contributed by atoms with E-state index in [1.165, 1.54) is 16.8 Å². The van der Waals surface area contributed by atoms with Gasteiger partial charge in [-0.2, -0.15) is 0 Å². The highest BCUT2D eigenvalue weighted by Gasteiger charge is 2.13. The molecule has 0 aliphatic carbocycles. The first kappa shape index (κ1) is 13.6. The Morgan fingerprint density at radius 2 is 1.68 bits per heavy atom. The standard InChI is InChI=1S/C17H21NO/c1-12-9-10-16(13(2)11-12)18(4)17-8-6-5-7-15(17)14(3)19/h5-11,14,19H,1-4H3/t14-/m0/s1. The van der Waals surface area contributed by atoms with Crippen LogP contribution in [-0.2, 0) is 0 Å². The van der Waals surface area contributed by atoms with Gasteiger partial charge in [-0.25, -0.2) is 0 Å². The van der Waals surface area contributed by atoms with Crippen LogP contribution in [0.1, 0.15) is 29.7 Å². The highest BCUT2D eigenvalue weighted by Crippen LogP contribution is 2.32. The molecular formula is C17H21NO. The van der Waals surface area contributed by atoms with Gasteiger partial charge in [0.05, 0.1) is 6.10 Å². The van der Waals surface area contributed by atoms with Gasteiger partial charge in [0.2, 0.25) is 0 Å². The predicted octanol–water partition coefficient (Wildman–Crippen LogP) is 4.12. The predicted molar refractivity (Wildman–Crippen MR) is 81.1 cm³/mol. The van der Waals surface area contributed by atoms with Crippen molar-refractivity contribution >= 4 is 11.4 Å². The van der Waals surface area contributed by atoms with E-state index in [4.69, 9.17) is 0 Å². The number of para-hydroxylation sites is 1. The molecule has 0 aliphatic rings. The third-order valence-electron chi connectivity index (χ3n) is 3.46. The minimum Gasteiger partial charge on any atom is -0.389 e. The van der Waals surface area contributed by atoms with Crippen molar-refractivity contribution < 1.29 is 5.11 Å². The van der Waals surface area contributed by atoms with Crippen molar-refractivity contribution in [1.82, 2.24) is 0 Å². The molecule has 19 heavy (non-hydrogen) atoms. The van der Waals surface area contributed by atoms with E-state index in [1.54, 1.807) is 6.92 Å². The lowest BCUT2D eigenvalue weighted by molar-refractivity contribution is 0.200. The first-order valence-corrected chi connectivity index (χ1v) is 6.58. The van der Waals surface area contributed by atoms with Crippen molar-refractivity contribution in [2.45, 2.75) is 26.9 Å². The lowest BCUT2D eigenvalue weighted by Gasteiger charge is -2.25. The van der Waals surface area contributed by atoms with Crippen molar-refractivity contribution in [2.24, 2.45) is 0 Å². The molecule has 2 heteroatoms. The maximum Gasteiger partial charge on any atom is 0.0782 e. The molecule has 0 heterocycles. The SMILES string of the molecule is Cc1ccc(N(C)c2ccccc2[C@H](C)O)c(C)c1. The minimum absolute atomic E-state index is 0.468. The molecule has 2 aromatic carbocycles. The lowest BCUT2D eigenvalue weighted by Crippen LogP contribution is -2.14. The molecule has 0 bridgehead atoms. The third-order valence-corrected chi connectivity index (χ3v) is 3.46. The Morgan fingerprint density at radius 3 is 2.32 bits per heavy atom. The molecule has 0 aromatic heterocycles. The Morgan fingerprint density at radius 1 is 1.00 bits per heavy atom. The Bertz CT molecular complexity index is 575. The summed E-state index contributed by atoms with van der Waals surface area (Å²) in [5, 5.41) is 9.89. The lowest BCUT2D eigenvalue weighted by atomic mass is 10.1. The summed E-state index contributed by atoms with van der Waals surface area (Å²) in [7, 11) is 2.04. The Kier molecular flexibility index (Phi) is 3.91. The van der Waals surface area contributed by atoms with Crippen molar-refractivity contribution in [2.75, 3.05) is 11.9 Å². The summed E-state index contributed by atoms with van der Waals surface area (Å²) in [5.41, 5.74) is 5.66. The fourth-order valence-electron chi connectivity index (χ4n) is 2.46. The number of hydrogen-bond acceptors (Lipinski definition) is 2. The first-order valence-electron chi connectivity index (χ1n) is 6.58. The molecule has 0 unspecified atom stereocenters. The van der Waals surface area contributed by atoms with Crippen molar-refractivity contribution in [3.8, 4) is 0 Å². The van der Waals surface area contributed by atoms with E-state index in [0.29, 0.717) is 0 Å². The van der Waals surface area contributed by atoms with Crippen molar-refractivity contribution in [1.29, 1.82) is 0 Å². The Labute approximate surface area is 115 Å². The van der Waals surface area contributed by atoms with Gasteiger partial charge < -0.3 is 10.0 Å². The molecule has 0 saturated carbocycles. The zero-order valence-electron chi connectivity index (χ0n) is 12.0. The van der Waals surface area contributed by atoms with Crippen LogP contribution in [-0.4, -0.2) is 12.2 Å². The second-order valence-electron chi connectivity index (χ2n) is 5.08. The van der Waals surface area contributed by atoms with Crippen LogP contribution >= 0.6 is 0 Å². The summed E-state index contributed by atoms with van der Waals surface area (Å²) in [6.45, 7) is 6.01. The van der Waals surface area contributed by atoms with Gasteiger partial charge >= 0.3 is 0 Å². The van der Waals surface area contributed by atoms with Crippen LogP contribution in [0, 0.1) is 13.8 Å². The average Bonchev–Trinajstić information content (AvgIpc) is 2.38. The van der Waals surface area contributed by atoms with E-state index in [1.807, 2.05) is 31.3 Å². The van der Waals surface area contributed by atoms with Crippen LogP contribution in [0.4, 0.5) is 11.4 Å². The van der Waals surface area contributed by atoms with Crippen LogP contribution in [0.5, 0.6) is 0 Å². The number of aliphatic hydroxyl groups excluding tert-OH is 1. The maximum atomic E-state index is 9.89. The molecule has 0 spiro atoms. The molecule has 100 valence electrons. The molecule has 0 amide bonds. The summed E-state index contributed by atoms with van der Waals surface area (Å²) in [5.74, 6) is 0. The number of benzene rings is 2. The van der Waals surface area contributed by atoms with E-state index in [0.717, 1.165) is 11.3 Å². The molecule has 1 N–H and O–H groups in total. The van der Waals surface area contributed by atoms with Crippen LogP contribution in [0.25, 0.3) is 0 Å². The highest BCUT2D eigenvalue weighted by molar-refractivity contribution is 5.68. The van der Waals surface area contributed by atoms with Gasteiger partial charge in [0.15, 0.2) is 0 Å². The number of rotatable bonds is 3. The average molecular weight is 255 g/mol. The zero-order chi connectivity index (χ0) is 14.0. The number of aliphatic hydroxyl groups is 1. The van der Waals surface area contributed by atoms with Gasteiger partial charge in [-0.15, -0.1) is 0 Å². The van der Waals surface area contributed by atoms with E-state index in [2.05, 4.69) is 36.9 Å². The maximum absolute atomic E-state index is 9.89. The van der Waals surface area contributed by atoms with Gasteiger partial charge in [0.25, 0.3) is 0 Å². The van der Waals surface area contributed by atoms with Crippen LogP contribution in [0.3, 0.4) is 0 Å². The van der Waals surface area contributed by atoms with Gasteiger partial charge in [-0.3, -0.25) is 0 Å². The van der Waals surface area contributed by atoms with Crippen molar-refractivity contribution in [3.63, 3.8) is 0 Å². The highest BCUT2D eigenvalue weighted by atomic mass is 16.3. The molecule has 0 saturated heterocycles. The van der Waals surface area contributed by atoms with Gasteiger partial charge in [0.1, 0.15) is 0 Å². The largest absolute Gasteiger partial charge is 0.389 e. The van der Waals surface area contributed by atoms with Gasteiger partial charge in [-0.05, 0) is 38.5 Å². The van der Waals surface area contributed by atoms with Gasteiger partial charge in [0, 0.05) is 24.0 Å². The monoisotopic (exact) mass is 255 g/mol. The third kappa shape index (κ3) is 2.79. The number of hydrogen-bond donors (Lipinski definition) is 1. The normalized spacial score (nSPS) is 12.3. The second-order valence-corrected chi connectivity index (χ2v) is 5.08. The molecule has 0 aliphatic heterocycles. The first-order chi connectivity index (χ1) is 9.00. The summed E-state index contributed by atoms with van der Waals surface area (Å²) in [6, 6.07) is 14.4. The van der Waals surface area contributed by atoms with E-state index in [9.17, 15) is 5.11 Å². The molecule has 2 nitrogen and oxygen atoms in total. The van der Waals surface area contributed by atoms with Crippen LogP contribution < -0.4 is 4.90 Å². The smallest absolute Gasteiger partial charge is 0.0782 e. The number of nitrogens with zero attached hydrogens (tertiary/aromatic N) is 1. The fraction of sp³-hybridized carbons (Fsp3) is 0.294. The van der Waals surface area contributed by atoms with E-state index in [-0.39, 0.29) is 0 Å². The Hall–Kier alpha value is -1.80. The molecule has 0 fully saturated rings.